The van der Waals surface area contributed by atoms with Crippen molar-refractivity contribution in [3.8, 4) is 11.5 Å². The molecule has 1 atom stereocenters. The number of nitrogens with zero attached hydrogens (tertiary/aromatic N) is 2. The Balaban J connectivity index is 1.35. The Morgan fingerprint density at radius 1 is 0.929 bits per heavy atom. The molecular formula is C23H30N2O3. The predicted octanol–water partition coefficient (Wildman–Crippen LogP) is 3.32. The largest absolute Gasteiger partial charge is 0.490 e. The average Bonchev–Trinajstić information content (AvgIpc) is 2.93. The highest BCUT2D eigenvalue weighted by atomic mass is 16.5. The molecule has 5 heteroatoms. The van der Waals surface area contributed by atoms with Crippen LogP contribution in [0.1, 0.15) is 29.2 Å². The highest BCUT2D eigenvalue weighted by Gasteiger charge is 2.22. The van der Waals surface area contributed by atoms with Gasteiger partial charge >= 0.3 is 0 Å². The number of rotatable bonds is 4. The van der Waals surface area contributed by atoms with Crippen LogP contribution in [0.4, 0.5) is 5.69 Å². The number of aliphatic hydroxyl groups excluding tert-OH is 1. The van der Waals surface area contributed by atoms with Gasteiger partial charge in [0, 0.05) is 44.8 Å². The van der Waals surface area contributed by atoms with E-state index in [9.17, 15) is 5.11 Å². The van der Waals surface area contributed by atoms with Crippen LogP contribution in [0.2, 0.25) is 0 Å². The third-order valence-electron chi connectivity index (χ3n) is 5.65. The Morgan fingerprint density at radius 3 is 2.43 bits per heavy atom. The number of piperazine rings is 1. The second kappa shape index (κ2) is 8.41. The van der Waals surface area contributed by atoms with Crippen molar-refractivity contribution in [3.63, 3.8) is 0 Å². The van der Waals surface area contributed by atoms with Gasteiger partial charge in [0.2, 0.25) is 0 Å². The van der Waals surface area contributed by atoms with Crippen molar-refractivity contribution < 1.29 is 14.6 Å². The van der Waals surface area contributed by atoms with Gasteiger partial charge in [-0.2, -0.15) is 0 Å². The van der Waals surface area contributed by atoms with E-state index in [1.807, 2.05) is 18.2 Å². The predicted molar refractivity (Wildman–Crippen MR) is 112 cm³/mol. The molecule has 1 N–H and O–H groups in total. The topological polar surface area (TPSA) is 45.2 Å². The van der Waals surface area contributed by atoms with Crippen molar-refractivity contribution in [1.29, 1.82) is 0 Å². The van der Waals surface area contributed by atoms with Crippen LogP contribution >= 0.6 is 0 Å². The van der Waals surface area contributed by atoms with Crippen LogP contribution in [0.3, 0.4) is 0 Å². The smallest absolute Gasteiger partial charge is 0.161 e. The van der Waals surface area contributed by atoms with Crippen LogP contribution in [0.5, 0.6) is 11.5 Å². The first-order valence-electron chi connectivity index (χ1n) is 10.2. The highest BCUT2D eigenvalue weighted by Crippen LogP contribution is 2.32. The Morgan fingerprint density at radius 2 is 1.68 bits per heavy atom. The SMILES string of the molecule is Cc1ccc(N2CCN(C[C@H](O)c3ccc4c(c3)OCCCO4)CC2)c(C)c1. The maximum absolute atomic E-state index is 10.8. The molecule has 0 radical (unpaired) electrons. The Labute approximate surface area is 167 Å². The van der Waals surface area contributed by atoms with Gasteiger partial charge in [0.15, 0.2) is 11.5 Å². The molecule has 2 aromatic carbocycles. The summed E-state index contributed by atoms with van der Waals surface area (Å²) in [6.07, 6.45) is 0.363. The van der Waals surface area contributed by atoms with Gasteiger partial charge in [-0.25, -0.2) is 0 Å². The maximum atomic E-state index is 10.8. The Kier molecular flexibility index (Phi) is 5.74. The van der Waals surface area contributed by atoms with Crippen molar-refractivity contribution in [2.24, 2.45) is 0 Å². The monoisotopic (exact) mass is 382 g/mol. The number of β-amino-alcohol motifs (C(OH)–C–C–N with tert-alkyl or cyclic N) is 1. The zero-order valence-corrected chi connectivity index (χ0v) is 16.9. The summed E-state index contributed by atoms with van der Waals surface area (Å²) in [7, 11) is 0. The first-order chi connectivity index (χ1) is 13.6. The fourth-order valence-electron chi connectivity index (χ4n) is 4.07. The molecule has 0 saturated carbocycles. The number of aryl methyl sites for hydroxylation is 2. The quantitative estimate of drug-likeness (QED) is 0.879. The van der Waals surface area contributed by atoms with Crippen LogP contribution in [0.15, 0.2) is 36.4 Å². The number of anilines is 1. The fraction of sp³-hybridized carbons (Fsp3) is 0.478. The normalized spacial score (nSPS) is 18.6. The lowest BCUT2D eigenvalue weighted by molar-refractivity contribution is 0.109. The lowest BCUT2D eigenvalue weighted by atomic mass is 10.1. The van der Waals surface area contributed by atoms with Crippen LogP contribution in [-0.4, -0.2) is 55.9 Å². The van der Waals surface area contributed by atoms with Gasteiger partial charge in [-0.3, -0.25) is 4.90 Å². The van der Waals surface area contributed by atoms with Gasteiger partial charge in [-0.15, -0.1) is 0 Å². The van der Waals surface area contributed by atoms with Crippen LogP contribution < -0.4 is 14.4 Å². The van der Waals surface area contributed by atoms with Crippen molar-refractivity contribution >= 4 is 5.69 Å². The van der Waals surface area contributed by atoms with Gasteiger partial charge in [-0.05, 0) is 43.2 Å². The summed E-state index contributed by atoms with van der Waals surface area (Å²) in [5, 5.41) is 10.8. The van der Waals surface area contributed by atoms with Crippen LogP contribution in [0.25, 0.3) is 0 Å². The van der Waals surface area contributed by atoms with E-state index >= 15 is 0 Å². The van der Waals surface area contributed by atoms with Gasteiger partial charge < -0.3 is 19.5 Å². The molecule has 2 aliphatic rings. The zero-order chi connectivity index (χ0) is 19.5. The molecule has 2 heterocycles. The van der Waals surface area contributed by atoms with E-state index in [1.54, 1.807) is 0 Å². The summed E-state index contributed by atoms with van der Waals surface area (Å²) >= 11 is 0. The van der Waals surface area contributed by atoms with Gasteiger partial charge in [0.05, 0.1) is 19.3 Å². The van der Waals surface area contributed by atoms with Gasteiger partial charge in [0.1, 0.15) is 0 Å². The molecule has 5 nitrogen and oxygen atoms in total. The molecule has 150 valence electrons. The summed E-state index contributed by atoms with van der Waals surface area (Å²) in [6, 6.07) is 12.4. The molecule has 0 amide bonds. The lowest BCUT2D eigenvalue weighted by Gasteiger charge is -2.37. The lowest BCUT2D eigenvalue weighted by Crippen LogP contribution is -2.47. The van der Waals surface area contributed by atoms with E-state index in [4.69, 9.17) is 9.47 Å². The molecule has 2 aliphatic heterocycles. The minimum Gasteiger partial charge on any atom is -0.490 e. The van der Waals surface area contributed by atoms with E-state index in [2.05, 4.69) is 41.8 Å². The molecule has 0 bridgehead atoms. The van der Waals surface area contributed by atoms with Crippen LogP contribution in [-0.2, 0) is 0 Å². The van der Waals surface area contributed by atoms with E-state index in [0.717, 1.165) is 49.7 Å². The molecule has 0 aromatic heterocycles. The third kappa shape index (κ3) is 4.26. The number of hydrogen-bond donors (Lipinski definition) is 1. The van der Waals surface area contributed by atoms with Crippen molar-refractivity contribution in [2.75, 3.05) is 50.8 Å². The molecule has 0 spiro atoms. The molecule has 28 heavy (non-hydrogen) atoms. The number of hydrogen-bond acceptors (Lipinski definition) is 5. The van der Waals surface area contributed by atoms with E-state index < -0.39 is 6.10 Å². The average molecular weight is 383 g/mol. The van der Waals surface area contributed by atoms with Crippen molar-refractivity contribution in [1.82, 2.24) is 4.90 Å². The molecule has 1 saturated heterocycles. The summed E-state index contributed by atoms with van der Waals surface area (Å²) in [4.78, 5) is 4.79. The molecule has 0 aliphatic carbocycles. The zero-order valence-electron chi connectivity index (χ0n) is 16.9. The molecule has 4 rings (SSSR count). The summed E-state index contributed by atoms with van der Waals surface area (Å²) in [5.74, 6) is 1.52. The second-order valence-electron chi connectivity index (χ2n) is 7.85. The Hall–Kier alpha value is -2.24. The maximum Gasteiger partial charge on any atom is 0.161 e. The standard InChI is InChI=1S/C23H30N2O3/c1-17-4-6-20(18(2)14-17)25-10-8-24(9-11-25)16-21(26)19-5-7-22-23(15-19)28-13-3-12-27-22/h4-7,14-15,21,26H,3,8-13,16H2,1-2H3/t21-/m0/s1. The first-order valence-corrected chi connectivity index (χ1v) is 10.2. The molecule has 2 aromatic rings. The van der Waals surface area contributed by atoms with Crippen molar-refractivity contribution in [2.45, 2.75) is 26.4 Å². The van der Waals surface area contributed by atoms with E-state index in [1.165, 1.54) is 16.8 Å². The first kappa shape index (κ1) is 19.1. The fourth-order valence-corrected chi connectivity index (χ4v) is 4.07. The van der Waals surface area contributed by atoms with E-state index in [-0.39, 0.29) is 0 Å². The highest BCUT2D eigenvalue weighted by molar-refractivity contribution is 5.54. The Bertz CT molecular complexity index is 815. The summed E-state index contributed by atoms with van der Waals surface area (Å²) < 4.78 is 11.4. The minimum atomic E-state index is -0.523. The number of aliphatic hydroxyl groups is 1. The van der Waals surface area contributed by atoms with Crippen molar-refractivity contribution in [3.05, 3.63) is 53.1 Å². The number of ether oxygens (including phenoxy) is 2. The summed E-state index contributed by atoms with van der Waals surface area (Å²) in [6.45, 7) is 10.2. The number of fused-ring (bicyclic) bond motifs is 1. The molecule has 1 fully saturated rings. The van der Waals surface area contributed by atoms with E-state index in [0.29, 0.717) is 19.8 Å². The number of benzene rings is 2. The second-order valence-corrected chi connectivity index (χ2v) is 7.85. The minimum absolute atomic E-state index is 0.523. The molecule has 0 unspecified atom stereocenters. The third-order valence-corrected chi connectivity index (χ3v) is 5.65. The summed E-state index contributed by atoms with van der Waals surface area (Å²) in [5.41, 5.74) is 4.86. The molecular weight excluding hydrogens is 352 g/mol. The van der Waals surface area contributed by atoms with Gasteiger partial charge in [-0.1, -0.05) is 23.8 Å². The van der Waals surface area contributed by atoms with Crippen LogP contribution in [0, 0.1) is 13.8 Å². The van der Waals surface area contributed by atoms with Gasteiger partial charge in [0.25, 0.3) is 0 Å².